The van der Waals surface area contributed by atoms with Gasteiger partial charge in [-0.1, -0.05) is 0 Å². The van der Waals surface area contributed by atoms with Gasteiger partial charge < -0.3 is 5.32 Å². The number of alkyl halides is 2. The van der Waals surface area contributed by atoms with Crippen molar-refractivity contribution < 1.29 is 8.78 Å². The predicted octanol–water partition coefficient (Wildman–Crippen LogP) is 2.38. The first kappa shape index (κ1) is 9.30. The largest absolute Gasteiger partial charge is 0.367 e. The van der Waals surface area contributed by atoms with Gasteiger partial charge in [0.2, 0.25) is 0 Å². The molecule has 2 rings (SSSR count). The molecule has 1 aromatic rings. The van der Waals surface area contributed by atoms with E-state index < -0.39 is 6.43 Å². The van der Waals surface area contributed by atoms with Crippen molar-refractivity contribution in [3.63, 3.8) is 0 Å². The van der Waals surface area contributed by atoms with E-state index in [9.17, 15) is 8.78 Å². The molecule has 5 heteroatoms. The molecular weight excluding hydrogens is 188 g/mol. The first-order valence-corrected chi connectivity index (χ1v) is 4.62. The molecule has 0 unspecified atom stereocenters. The number of hydrogen-bond donors (Lipinski definition) is 1. The maximum Gasteiger partial charge on any atom is 0.280 e. The number of nitrogens with one attached hydrogen (secondary N) is 1. The lowest BCUT2D eigenvalue weighted by molar-refractivity contribution is 0.146. The van der Waals surface area contributed by atoms with Gasteiger partial charge in [-0.25, -0.2) is 18.7 Å². The van der Waals surface area contributed by atoms with Gasteiger partial charge in [0.1, 0.15) is 17.8 Å². The third kappa shape index (κ3) is 1.97. The highest BCUT2D eigenvalue weighted by atomic mass is 19.3. The molecule has 76 valence electrons. The average molecular weight is 199 g/mol. The lowest BCUT2D eigenvalue weighted by Gasteiger charge is -2.26. The summed E-state index contributed by atoms with van der Waals surface area (Å²) in [7, 11) is 0. The van der Waals surface area contributed by atoms with Crippen LogP contribution in [0.15, 0.2) is 12.4 Å². The Balaban J connectivity index is 2.05. The molecule has 1 heterocycles. The number of rotatable bonds is 3. The molecule has 1 saturated carbocycles. The Labute approximate surface area is 80.6 Å². The first-order chi connectivity index (χ1) is 6.75. The Morgan fingerprint density at radius 1 is 1.36 bits per heavy atom. The number of aromatic nitrogens is 2. The van der Waals surface area contributed by atoms with Crippen molar-refractivity contribution in [2.45, 2.75) is 31.7 Å². The van der Waals surface area contributed by atoms with Crippen LogP contribution in [0.1, 0.15) is 31.4 Å². The molecule has 0 atom stereocenters. The molecule has 14 heavy (non-hydrogen) atoms. The minimum absolute atomic E-state index is 0.221. The minimum Gasteiger partial charge on any atom is -0.367 e. The van der Waals surface area contributed by atoms with E-state index in [0.717, 1.165) is 12.8 Å². The van der Waals surface area contributed by atoms with Crippen LogP contribution in [0.25, 0.3) is 0 Å². The first-order valence-electron chi connectivity index (χ1n) is 4.62. The maximum absolute atomic E-state index is 12.3. The summed E-state index contributed by atoms with van der Waals surface area (Å²) < 4.78 is 24.5. The van der Waals surface area contributed by atoms with Crippen LogP contribution in [0.3, 0.4) is 0 Å². The van der Waals surface area contributed by atoms with Gasteiger partial charge in [0, 0.05) is 12.1 Å². The van der Waals surface area contributed by atoms with Gasteiger partial charge in [-0.15, -0.1) is 0 Å². The molecule has 1 N–H and O–H groups in total. The van der Waals surface area contributed by atoms with Crippen LogP contribution in [0.2, 0.25) is 0 Å². The highest BCUT2D eigenvalue weighted by molar-refractivity contribution is 5.36. The van der Waals surface area contributed by atoms with Crippen LogP contribution in [0.5, 0.6) is 0 Å². The lowest BCUT2D eigenvalue weighted by Crippen LogP contribution is -2.27. The fraction of sp³-hybridized carbons (Fsp3) is 0.556. The highest BCUT2D eigenvalue weighted by Crippen LogP contribution is 2.23. The van der Waals surface area contributed by atoms with E-state index >= 15 is 0 Å². The smallest absolute Gasteiger partial charge is 0.280 e. The summed E-state index contributed by atoms with van der Waals surface area (Å²) >= 11 is 0. The fourth-order valence-electron chi connectivity index (χ4n) is 1.33. The fourth-order valence-corrected chi connectivity index (χ4v) is 1.33. The van der Waals surface area contributed by atoms with Crippen LogP contribution in [-0.2, 0) is 0 Å². The number of halogens is 2. The summed E-state index contributed by atoms with van der Waals surface area (Å²) in [5.74, 6) is 0.500. The van der Waals surface area contributed by atoms with Gasteiger partial charge in [-0.2, -0.15) is 0 Å². The molecule has 0 aromatic carbocycles. The molecule has 3 nitrogen and oxygen atoms in total. The van der Waals surface area contributed by atoms with Gasteiger partial charge >= 0.3 is 0 Å². The minimum atomic E-state index is -2.53. The monoisotopic (exact) mass is 199 g/mol. The van der Waals surface area contributed by atoms with E-state index in [1.807, 2.05) is 0 Å². The number of hydrogen-bond acceptors (Lipinski definition) is 3. The van der Waals surface area contributed by atoms with Gasteiger partial charge in [-0.05, 0) is 19.3 Å². The Morgan fingerprint density at radius 2 is 2.14 bits per heavy atom. The summed E-state index contributed by atoms with van der Waals surface area (Å²) in [5.41, 5.74) is -0.221. The van der Waals surface area contributed by atoms with Crippen molar-refractivity contribution in [2.24, 2.45) is 0 Å². The van der Waals surface area contributed by atoms with Gasteiger partial charge in [-0.3, -0.25) is 0 Å². The normalized spacial score (nSPS) is 16.8. The van der Waals surface area contributed by atoms with Crippen LogP contribution < -0.4 is 5.32 Å². The Bertz CT molecular complexity index is 313. The maximum atomic E-state index is 12.3. The highest BCUT2D eigenvalue weighted by Gasteiger charge is 2.18. The Morgan fingerprint density at radius 3 is 2.71 bits per heavy atom. The van der Waals surface area contributed by atoms with Crippen LogP contribution in [-0.4, -0.2) is 16.0 Å². The van der Waals surface area contributed by atoms with Crippen molar-refractivity contribution in [3.05, 3.63) is 18.1 Å². The average Bonchev–Trinajstić information content (AvgIpc) is 2.12. The topological polar surface area (TPSA) is 37.8 Å². The third-order valence-corrected chi connectivity index (χ3v) is 2.37. The molecule has 0 spiro atoms. The molecule has 1 aliphatic rings. The predicted molar refractivity (Wildman–Crippen MR) is 48.3 cm³/mol. The van der Waals surface area contributed by atoms with Crippen molar-refractivity contribution in [1.82, 2.24) is 9.97 Å². The van der Waals surface area contributed by atoms with Crippen molar-refractivity contribution in [2.75, 3.05) is 5.32 Å². The van der Waals surface area contributed by atoms with Gasteiger partial charge in [0.15, 0.2) is 0 Å². The van der Waals surface area contributed by atoms with Crippen LogP contribution >= 0.6 is 0 Å². The zero-order valence-corrected chi connectivity index (χ0v) is 7.58. The quantitative estimate of drug-likeness (QED) is 0.812. The Kier molecular flexibility index (Phi) is 2.56. The third-order valence-electron chi connectivity index (χ3n) is 2.37. The summed E-state index contributed by atoms with van der Waals surface area (Å²) in [6, 6.07) is 1.71. The standard InChI is InChI=1S/C9H11F2N3/c10-9(11)7-4-8(13-5-12-7)14-6-2-1-3-6/h4-6,9H,1-3H2,(H,12,13,14). The summed E-state index contributed by atoms with van der Waals surface area (Å²) in [6.45, 7) is 0. The van der Waals surface area contributed by atoms with Gasteiger partial charge in [0.05, 0.1) is 0 Å². The second kappa shape index (κ2) is 3.86. The lowest BCUT2D eigenvalue weighted by atomic mass is 9.93. The SMILES string of the molecule is FC(F)c1cc(NC2CCC2)ncn1. The van der Waals surface area contributed by atoms with Crippen molar-refractivity contribution >= 4 is 5.82 Å². The number of nitrogens with zero attached hydrogens (tertiary/aromatic N) is 2. The second-order valence-electron chi connectivity index (χ2n) is 3.40. The summed E-state index contributed by atoms with van der Waals surface area (Å²) in [6.07, 6.45) is 2.02. The molecular formula is C9H11F2N3. The van der Waals surface area contributed by atoms with E-state index in [4.69, 9.17) is 0 Å². The zero-order valence-electron chi connectivity index (χ0n) is 7.58. The zero-order chi connectivity index (χ0) is 9.97. The van der Waals surface area contributed by atoms with Crippen molar-refractivity contribution in [1.29, 1.82) is 0 Å². The van der Waals surface area contributed by atoms with E-state index in [2.05, 4.69) is 15.3 Å². The molecule has 0 radical (unpaired) electrons. The van der Waals surface area contributed by atoms with E-state index in [0.29, 0.717) is 11.9 Å². The number of anilines is 1. The molecule has 0 aliphatic heterocycles. The molecule has 0 bridgehead atoms. The van der Waals surface area contributed by atoms with E-state index in [-0.39, 0.29) is 5.69 Å². The summed E-state index contributed by atoms with van der Waals surface area (Å²) in [5, 5.41) is 3.09. The van der Waals surface area contributed by atoms with E-state index in [1.165, 1.54) is 18.8 Å². The molecule has 1 aliphatic carbocycles. The molecule has 0 saturated heterocycles. The molecule has 1 fully saturated rings. The van der Waals surface area contributed by atoms with Gasteiger partial charge in [0.25, 0.3) is 6.43 Å². The Hall–Kier alpha value is -1.26. The van der Waals surface area contributed by atoms with Crippen LogP contribution in [0.4, 0.5) is 14.6 Å². The van der Waals surface area contributed by atoms with Crippen LogP contribution in [0, 0.1) is 0 Å². The molecule has 1 aromatic heterocycles. The summed E-state index contributed by atoms with van der Waals surface area (Å²) in [4.78, 5) is 7.38. The second-order valence-corrected chi connectivity index (χ2v) is 3.40. The molecule has 0 amide bonds. The van der Waals surface area contributed by atoms with Crippen molar-refractivity contribution in [3.8, 4) is 0 Å². The van der Waals surface area contributed by atoms with E-state index in [1.54, 1.807) is 0 Å².